The highest BCUT2D eigenvalue weighted by Gasteiger charge is 2.32. The predicted octanol–water partition coefficient (Wildman–Crippen LogP) is 3.59. The van der Waals surface area contributed by atoms with E-state index in [0.717, 1.165) is 12.3 Å². The van der Waals surface area contributed by atoms with Crippen molar-refractivity contribution >= 4 is 5.78 Å². The second-order valence-electron chi connectivity index (χ2n) is 4.57. The number of Topliss-reactive ketones (excluding diaryl/α,β-unsaturated/α-hetero) is 1. The Morgan fingerprint density at radius 1 is 1.05 bits per heavy atom. The van der Waals surface area contributed by atoms with Gasteiger partial charge in [-0.15, -0.1) is 0 Å². The van der Waals surface area contributed by atoms with Crippen LogP contribution in [0.3, 0.4) is 0 Å². The summed E-state index contributed by atoms with van der Waals surface area (Å²) in [5.74, 6) is -0.654. The molecule has 2 aromatic rings. The third-order valence-corrected chi connectivity index (χ3v) is 2.81. The number of carbonyl (C=O) groups excluding carboxylic acids is 1. The van der Waals surface area contributed by atoms with Crippen LogP contribution in [0, 0.1) is 5.82 Å². The number of benzene rings is 1. The first-order chi connectivity index (χ1) is 9.84. The van der Waals surface area contributed by atoms with E-state index < -0.39 is 17.7 Å². The normalized spacial score (nSPS) is 11.4. The molecule has 0 unspecified atom stereocenters. The van der Waals surface area contributed by atoms with E-state index in [1.165, 1.54) is 24.3 Å². The maximum absolute atomic E-state index is 13.0. The van der Waals surface area contributed by atoms with Crippen LogP contribution in [0.25, 0.3) is 0 Å². The first-order valence-electron chi connectivity index (χ1n) is 6.13. The Labute approximate surface area is 118 Å². The highest BCUT2D eigenvalue weighted by molar-refractivity contribution is 5.83. The SMILES string of the molecule is O=C(Cc1ccc(C(F)(F)F)nc1)Cc1cccc(F)c1. The van der Waals surface area contributed by atoms with Crippen LogP contribution in [0.5, 0.6) is 0 Å². The number of rotatable bonds is 4. The summed E-state index contributed by atoms with van der Waals surface area (Å²) in [5, 5.41) is 0. The van der Waals surface area contributed by atoms with E-state index in [2.05, 4.69) is 4.98 Å². The first kappa shape index (κ1) is 15.2. The molecule has 1 aromatic carbocycles. The molecule has 0 spiro atoms. The number of aromatic nitrogens is 1. The van der Waals surface area contributed by atoms with Crippen molar-refractivity contribution < 1.29 is 22.4 Å². The fourth-order valence-electron chi connectivity index (χ4n) is 1.86. The lowest BCUT2D eigenvalue weighted by atomic mass is 10.0. The molecule has 0 aliphatic heterocycles. The number of halogens is 4. The van der Waals surface area contributed by atoms with Gasteiger partial charge in [0, 0.05) is 19.0 Å². The minimum Gasteiger partial charge on any atom is -0.299 e. The molecule has 0 saturated heterocycles. The van der Waals surface area contributed by atoms with Crippen LogP contribution in [0.2, 0.25) is 0 Å². The maximum Gasteiger partial charge on any atom is 0.433 e. The second kappa shape index (κ2) is 6.03. The van der Waals surface area contributed by atoms with Crippen LogP contribution in [-0.4, -0.2) is 10.8 Å². The van der Waals surface area contributed by atoms with Crippen LogP contribution in [0.15, 0.2) is 42.6 Å². The molecule has 110 valence electrons. The average molecular weight is 297 g/mol. The summed E-state index contributed by atoms with van der Waals surface area (Å²) in [7, 11) is 0. The molecule has 0 amide bonds. The minimum absolute atomic E-state index is 0.0266. The fraction of sp³-hybridized carbons (Fsp3) is 0.200. The molecule has 0 fully saturated rings. The summed E-state index contributed by atoms with van der Waals surface area (Å²) in [4.78, 5) is 15.1. The summed E-state index contributed by atoms with van der Waals surface area (Å²) in [6.07, 6.45) is -3.48. The van der Waals surface area contributed by atoms with Crippen LogP contribution in [0.1, 0.15) is 16.8 Å². The Hall–Kier alpha value is -2.24. The number of ketones is 1. The van der Waals surface area contributed by atoms with Crippen LogP contribution >= 0.6 is 0 Å². The van der Waals surface area contributed by atoms with Gasteiger partial charge in [0.05, 0.1) is 0 Å². The highest BCUT2D eigenvalue weighted by atomic mass is 19.4. The molecule has 0 aliphatic rings. The largest absolute Gasteiger partial charge is 0.433 e. The molecule has 0 N–H and O–H groups in total. The van der Waals surface area contributed by atoms with Crippen molar-refractivity contribution in [3.05, 3.63) is 65.2 Å². The lowest BCUT2D eigenvalue weighted by Gasteiger charge is -2.06. The van der Waals surface area contributed by atoms with E-state index in [9.17, 15) is 22.4 Å². The quantitative estimate of drug-likeness (QED) is 0.807. The summed E-state index contributed by atoms with van der Waals surface area (Å²) < 4.78 is 50.0. The molecule has 21 heavy (non-hydrogen) atoms. The monoisotopic (exact) mass is 297 g/mol. The van der Waals surface area contributed by atoms with Crippen molar-refractivity contribution in [2.24, 2.45) is 0 Å². The summed E-state index contributed by atoms with van der Waals surface area (Å²) in [5.41, 5.74) is -0.0758. The summed E-state index contributed by atoms with van der Waals surface area (Å²) in [6.45, 7) is 0. The van der Waals surface area contributed by atoms with Gasteiger partial charge in [-0.2, -0.15) is 13.2 Å². The lowest BCUT2D eigenvalue weighted by molar-refractivity contribution is -0.141. The van der Waals surface area contributed by atoms with Gasteiger partial charge in [-0.1, -0.05) is 18.2 Å². The molecule has 0 radical (unpaired) electrons. The molecule has 1 heterocycles. The Morgan fingerprint density at radius 2 is 1.76 bits per heavy atom. The number of carbonyl (C=O) groups is 1. The Balaban J connectivity index is 2.00. The van der Waals surface area contributed by atoms with Gasteiger partial charge in [0.25, 0.3) is 0 Å². The Kier molecular flexibility index (Phi) is 4.35. The molecule has 2 nitrogen and oxygen atoms in total. The zero-order valence-electron chi connectivity index (χ0n) is 10.8. The molecule has 6 heteroatoms. The second-order valence-corrected chi connectivity index (χ2v) is 4.57. The van der Waals surface area contributed by atoms with Gasteiger partial charge in [0.2, 0.25) is 0 Å². The Bertz CT molecular complexity index is 635. The van der Waals surface area contributed by atoms with Gasteiger partial charge >= 0.3 is 6.18 Å². The van der Waals surface area contributed by atoms with E-state index in [1.54, 1.807) is 6.07 Å². The minimum atomic E-state index is -4.50. The number of alkyl halides is 3. The molecule has 2 rings (SSSR count). The van der Waals surface area contributed by atoms with Crippen molar-refractivity contribution in [3.8, 4) is 0 Å². The van der Waals surface area contributed by atoms with Gasteiger partial charge in [0.15, 0.2) is 0 Å². The smallest absolute Gasteiger partial charge is 0.299 e. The number of hydrogen-bond acceptors (Lipinski definition) is 2. The van der Waals surface area contributed by atoms with Gasteiger partial charge in [-0.3, -0.25) is 9.78 Å². The molecule has 0 bridgehead atoms. The fourth-order valence-corrected chi connectivity index (χ4v) is 1.86. The van der Waals surface area contributed by atoms with E-state index >= 15 is 0 Å². The number of nitrogens with zero attached hydrogens (tertiary/aromatic N) is 1. The highest BCUT2D eigenvalue weighted by Crippen LogP contribution is 2.27. The number of pyridine rings is 1. The lowest BCUT2D eigenvalue weighted by Crippen LogP contribution is -2.10. The van der Waals surface area contributed by atoms with Crippen molar-refractivity contribution in [1.82, 2.24) is 4.98 Å². The van der Waals surface area contributed by atoms with E-state index in [1.807, 2.05) is 0 Å². The van der Waals surface area contributed by atoms with Gasteiger partial charge in [-0.25, -0.2) is 4.39 Å². The average Bonchev–Trinajstić information content (AvgIpc) is 2.38. The molecular formula is C15H11F4NO. The van der Waals surface area contributed by atoms with Gasteiger partial charge in [-0.05, 0) is 29.3 Å². The molecule has 0 atom stereocenters. The number of hydrogen-bond donors (Lipinski definition) is 0. The van der Waals surface area contributed by atoms with E-state index in [4.69, 9.17) is 0 Å². The standard InChI is InChI=1S/C15H11F4NO/c16-12-3-1-2-10(6-12)7-13(21)8-11-4-5-14(20-9-11)15(17,18)19/h1-6,9H,7-8H2. The first-order valence-corrected chi connectivity index (χ1v) is 6.13. The van der Waals surface area contributed by atoms with Crippen molar-refractivity contribution in [2.45, 2.75) is 19.0 Å². The third-order valence-electron chi connectivity index (χ3n) is 2.81. The Morgan fingerprint density at radius 3 is 2.33 bits per heavy atom. The maximum atomic E-state index is 13.0. The van der Waals surface area contributed by atoms with Gasteiger partial charge in [0.1, 0.15) is 17.3 Å². The summed E-state index contributed by atoms with van der Waals surface area (Å²) in [6, 6.07) is 7.70. The predicted molar refractivity (Wildman–Crippen MR) is 68.1 cm³/mol. The van der Waals surface area contributed by atoms with Crippen LogP contribution in [0.4, 0.5) is 17.6 Å². The zero-order valence-corrected chi connectivity index (χ0v) is 10.8. The van der Waals surface area contributed by atoms with Gasteiger partial charge < -0.3 is 0 Å². The topological polar surface area (TPSA) is 30.0 Å². The zero-order chi connectivity index (χ0) is 15.5. The van der Waals surface area contributed by atoms with Crippen molar-refractivity contribution in [1.29, 1.82) is 0 Å². The molecular weight excluding hydrogens is 286 g/mol. The molecule has 0 saturated carbocycles. The van der Waals surface area contributed by atoms with Crippen LogP contribution < -0.4 is 0 Å². The van der Waals surface area contributed by atoms with E-state index in [-0.39, 0.29) is 18.6 Å². The van der Waals surface area contributed by atoms with E-state index in [0.29, 0.717) is 11.1 Å². The summed E-state index contributed by atoms with van der Waals surface area (Å²) >= 11 is 0. The van der Waals surface area contributed by atoms with Crippen molar-refractivity contribution in [3.63, 3.8) is 0 Å². The molecule has 0 aliphatic carbocycles. The molecule has 1 aromatic heterocycles. The van der Waals surface area contributed by atoms with Crippen molar-refractivity contribution in [2.75, 3.05) is 0 Å². The third kappa shape index (κ3) is 4.37. The van der Waals surface area contributed by atoms with Crippen LogP contribution in [-0.2, 0) is 23.8 Å².